The molecule has 1 aromatic carbocycles. The molecule has 0 N–H and O–H groups in total. The van der Waals surface area contributed by atoms with Crippen LogP contribution in [0.4, 0.5) is 0 Å². The summed E-state index contributed by atoms with van der Waals surface area (Å²) in [6, 6.07) is 10.3. The zero-order valence-corrected chi connectivity index (χ0v) is 12.4. The van der Waals surface area contributed by atoms with Gasteiger partial charge in [-0.05, 0) is 18.4 Å². The van der Waals surface area contributed by atoms with Gasteiger partial charge in [-0.1, -0.05) is 57.2 Å². The molecular weight excluding hydrogens is 236 g/mol. The van der Waals surface area contributed by atoms with Gasteiger partial charge in [0.25, 0.3) is 0 Å². The molecule has 19 heavy (non-hydrogen) atoms. The SMILES string of the molecule is C=C(OC)C(C)(C)CCCCOCc1ccccc1. The number of benzene rings is 1. The zero-order valence-electron chi connectivity index (χ0n) is 12.4. The molecule has 0 aromatic heterocycles. The van der Waals surface area contributed by atoms with E-state index in [4.69, 9.17) is 9.47 Å². The fraction of sp³-hybridized carbons (Fsp3) is 0.529. The van der Waals surface area contributed by atoms with Crippen LogP contribution in [-0.4, -0.2) is 13.7 Å². The number of hydrogen-bond donors (Lipinski definition) is 0. The monoisotopic (exact) mass is 262 g/mol. The largest absolute Gasteiger partial charge is 0.501 e. The smallest absolute Gasteiger partial charge is 0.0939 e. The summed E-state index contributed by atoms with van der Waals surface area (Å²) in [5.41, 5.74) is 1.28. The van der Waals surface area contributed by atoms with Crippen molar-refractivity contribution in [2.45, 2.75) is 39.7 Å². The van der Waals surface area contributed by atoms with E-state index in [9.17, 15) is 0 Å². The molecule has 0 heterocycles. The molecule has 0 aliphatic carbocycles. The van der Waals surface area contributed by atoms with E-state index in [1.54, 1.807) is 7.11 Å². The molecular formula is C17H26O2. The third-order valence-electron chi connectivity index (χ3n) is 3.45. The highest BCUT2D eigenvalue weighted by Gasteiger charge is 2.21. The van der Waals surface area contributed by atoms with Crippen LogP contribution in [0.5, 0.6) is 0 Å². The van der Waals surface area contributed by atoms with Gasteiger partial charge in [0.15, 0.2) is 0 Å². The van der Waals surface area contributed by atoms with Crippen molar-refractivity contribution in [2.24, 2.45) is 5.41 Å². The van der Waals surface area contributed by atoms with Crippen LogP contribution in [-0.2, 0) is 16.1 Å². The van der Waals surface area contributed by atoms with Gasteiger partial charge in [0, 0.05) is 12.0 Å². The lowest BCUT2D eigenvalue weighted by atomic mass is 9.85. The first-order valence-corrected chi connectivity index (χ1v) is 6.91. The Bertz CT molecular complexity index is 368. The second kappa shape index (κ2) is 8.00. The van der Waals surface area contributed by atoms with Gasteiger partial charge in [-0.3, -0.25) is 0 Å². The van der Waals surface area contributed by atoms with Crippen LogP contribution in [0.3, 0.4) is 0 Å². The molecule has 1 rings (SSSR count). The molecule has 0 amide bonds. The van der Waals surface area contributed by atoms with Crippen LogP contribution >= 0.6 is 0 Å². The Morgan fingerprint density at radius 2 is 1.84 bits per heavy atom. The van der Waals surface area contributed by atoms with Crippen molar-refractivity contribution < 1.29 is 9.47 Å². The van der Waals surface area contributed by atoms with Crippen molar-refractivity contribution in [2.75, 3.05) is 13.7 Å². The minimum Gasteiger partial charge on any atom is -0.501 e. The number of hydrogen-bond acceptors (Lipinski definition) is 2. The Labute approximate surface area is 117 Å². The van der Waals surface area contributed by atoms with Crippen molar-refractivity contribution >= 4 is 0 Å². The normalized spacial score (nSPS) is 11.3. The molecule has 2 heteroatoms. The number of unbranched alkanes of at least 4 members (excludes halogenated alkanes) is 1. The van der Waals surface area contributed by atoms with Crippen molar-refractivity contribution in [1.82, 2.24) is 0 Å². The first-order chi connectivity index (χ1) is 9.06. The van der Waals surface area contributed by atoms with Crippen LogP contribution in [0.15, 0.2) is 42.7 Å². The van der Waals surface area contributed by atoms with E-state index < -0.39 is 0 Å². The maximum absolute atomic E-state index is 5.67. The summed E-state index contributed by atoms with van der Waals surface area (Å²) in [6.07, 6.45) is 3.28. The van der Waals surface area contributed by atoms with E-state index in [2.05, 4.69) is 32.6 Å². The molecule has 0 unspecified atom stereocenters. The standard InChI is InChI=1S/C17H26O2/c1-15(18-4)17(2,3)12-8-9-13-19-14-16-10-6-5-7-11-16/h5-7,10-11H,1,8-9,12-14H2,2-4H3. The average molecular weight is 262 g/mol. The van der Waals surface area contributed by atoms with Gasteiger partial charge in [0.1, 0.15) is 0 Å². The summed E-state index contributed by atoms with van der Waals surface area (Å²) in [7, 11) is 1.69. The minimum absolute atomic E-state index is 0.0498. The summed E-state index contributed by atoms with van der Waals surface area (Å²) in [4.78, 5) is 0. The molecule has 0 atom stereocenters. The number of methoxy groups -OCH3 is 1. The zero-order chi connectivity index (χ0) is 14.1. The maximum Gasteiger partial charge on any atom is 0.0939 e. The van der Waals surface area contributed by atoms with Crippen LogP contribution in [0.25, 0.3) is 0 Å². The molecule has 106 valence electrons. The Morgan fingerprint density at radius 3 is 2.47 bits per heavy atom. The predicted molar refractivity (Wildman–Crippen MR) is 79.9 cm³/mol. The summed E-state index contributed by atoms with van der Waals surface area (Å²) in [5.74, 6) is 0.859. The molecule has 2 nitrogen and oxygen atoms in total. The summed E-state index contributed by atoms with van der Waals surface area (Å²) < 4.78 is 10.9. The van der Waals surface area contributed by atoms with Crippen molar-refractivity contribution in [1.29, 1.82) is 0 Å². The van der Waals surface area contributed by atoms with Gasteiger partial charge >= 0.3 is 0 Å². The van der Waals surface area contributed by atoms with Gasteiger partial charge in [-0.2, -0.15) is 0 Å². The van der Waals surface area contributed by atoms with E-state index in [0.717, 1.165) is 31.6 Å². The topological polar surface area (TPSA) is 18.5 Å². The number of rotatable bonds is 9. The lowest BCUT2D eigenvalue weighted by molar-refractivity contribution is 0.112. The van der Waals surface area contributed by atoms with Gasteiger partial charge < -0.3 is 9.47 Å². The third-order valence-corrected chi connectivity index (χ3v) is 3.45. The Morgan fingerprint density at radius 1 is 1.16 bits per heavy atom. The molecule has 0 aliphatic heterocycles. The summed E-state index contributed by atoms with van der Waals surface area (Å²) >= 11 is 0. The van der Waals surface area contributed by atoms with Gasteiger partial charge in [0.05, 0.1) is 19.5 Å². The maximum atomic E-state index is 5.67. The highest BCUT2D eigenvalue weighted by molar-refractivity contribution is 5.13. The lowest BCUT2D eigenvalue weighted by Gasteiger charge is -2.25. The molecule has 0 spiro atoms. The second-order valence-electron chi connectivity index (χ2n) is 5.51. The van der Waals surface area contributed by atoms with E-state index in [1.807, 2.05) is 18.2 Å². The fourth-order valence-electron chi connectivity index (χ4n) is 1.95. The van der Waals surface area contributed by atoms with E-state index >= 15 is 0 Å². The van der Waals surface area contributed by atoms with Crippen molar-refractivity contribution in [3.8, 4) is 0 Å². The van der Waals surface area contributed by atoms with Crippen LogP contribution in [0, 0.1) is 5.41 Å². The third kappa shape index (κ3) is 5.93. The number of ether oxygens (including phenoxy) is 2. The molecule has 0 saturated heterocycles. The average Bonchev–Trinajstić information content (AvgIpc) is 2.42. The van der Waals surface area contributed by atoms with E-state index in [0.29, 0.717) is 6.61 Å². The van der Waals surface area contributed by atoms with Crippen molar-refractivity contribution in [3.63, 3.8) is 0 Å². The first-order valence-electron chi connectivity index (χ1n) is 6.91. The van der Waals surface area contributed by atoms with Gasteiger partial charge in [-0.15, -0.1) is 0 Å². The molecule has 1 aromatic rings. The van der Waals surface area contributed by atoms with Crippen LogP contribution in [0.2, 0.25) is 0 Å². The van der Waals surface area contributed by atoms with Crippen molar-refractivity contribution in [3.05, 3.63) is 48.2 Å². The van der Waals surface area contributed by atoms with Crippen LogP contribution in [0.1, 0.15) is 38.7 Å². The Balaban J connectivity index is 2.10. The predicted octanol–water partition coefficient (Wildman–Crippen LogP) is 4.56. The highest BCUT2D eigenvalue weighted by atomic mass is 16.5. The molecule has 0 saturated carbocycles. The van der Waals surface area contributed by atoms with E-state index in [-0.39, 0.29) is 5.41 Å². The van der Waals surface area contributed by atoms with E-state index in [1.165, 1.54) is 5.56 Å². The molecule has 0 aliphatic rings. The summed E-state index contributed by atoms with van der Waals surface area (Å²) in [6.45, 7) is 9.80. The van der Waals surface area contributed by atoms with Crippen LogP contribution < -0.4 is 0 Å². The Kier molecular flexibility index (Phi) is 6.65. The van der Waals surface area contributed by atoms with Gasteiger partial charge in [0.2, 0.25) is 0 Å². The van der Waals surface area contributed by atoms with Gasteiger partial charge in [-0.25, -0.2) is 0 Å². The molecule has 0 fully saturated rings. The first kappa shape index (κ1) is 15.8. The fourth-order valence-corrected chi connectivity index (χ4v) is 1.95. The lowest BCUT2D eigenvalue weighted by Crippen LogP contribution is -2.15. The minimum atomic E-state index is 0.0498. The summed E-state index contributed by atoms with van der Waals surface area (Å²) in [5, 5.41) is 0. The number of allylic oxidation sites excluding steroid dienone is 1. The molecule has 0 radical (unpaired) electrons. The quantitative estimate of drug-likeness (QED) is 0.480. The Hall–Kier alpha value is -1.28. The molecule has 0 bridgehead atoms. The second-order valence-corrected chi connectivity index (χ2v) is 5.51. The highest BCUT2D eigenvalue weighted by Crippen LogP contribution is 2.31.